The number of anilines is 2. The van der Waals surface area contributed by atoms with Crippen molar-refractivity contribution >= 4 is 11.9 Å². The third-order valence-corrected chi connectivity index (χ3v) is 2.62. The Balaban J connectivity index is 2.03. The van der Waals surface area contributed by atoms with Crippen molar-refractivity contribution in [1.82, 2.24) is 19.9 Å². The van der Waals surface area contributed by atoms with Crippen LogP contribution in [0.15, 0.2) is 10.6 Å². The number of hydrogen-bond acceptors (Lipinski definition) is 8. The molecule has 0 amide bonds. The molecule has 0 aliphatic carbocycles. The Bertz CT molecular complexity index is 572. The zero-order valence-electron chi connectivity index (χ0n) is 12.5. The molecule has 2 aromatic heterocycles. The lowest BCUT2D eigenvalue weighted by Gasteiger charge is -2.08. The molecule has 0 aromatic carbocycles. The van der Waals surface area contributed by atoms with Crippen LogP contribution < -0.4 is 15.4 Å². The fourth-order valence-electron chi connectivity index (χ4n) is 1.55. The molecule has 0 bridgehead atoms. The van der Waals surface area contributed by atoms with Crippen molar-refractivity contribution in [3.05, 3.63) is 17.8 Å². The Labute approximate surface area is 123 Å². The second kappa shape index (κ2) is 7.41. The lowest BCUT2D eigenvalue weighted by Crippen LogP contribution is -2.10. The minimum atomic E-state index is 0.292. The zero-order chi connectivity index (χ0) is 15.1. The predicted molar refractivity (Wildman–Crippen MR) is 78.4 cm³/mol. The highest BCUT2D eigenvalue weighted by molar-refractivity contribution is 5.35. The number of rotatable bonds is 8. The summed E-state index contributed by atoms with van der Waals surface area (Å²) in [6.45, 7) is 5.00. The van der Waals surface area contributed by atoms with Crippen LogP contribution in [0.2, 0.25) is 0 Å². The van der Waals surface area contributed by atoms with E-state index in [1.165, 1.54) is 0 Å². The minimum Gasteiger partial charge on any atom is -0.463 e. The molecule has 0 unspecified atom stereocenters. The summed E-state index contributed by atoms with van der Waals surface area (Å²) in [4.78, 5) is 16.7. The number of hydrogen-bond donors (Lipinski definition) is 2. The standard InChI is InChI=1S/C13H20N6O2/c1-4-6-20-13-18-11(14-3)17-12(19-13)16-8-10-15-7-9(5-2)21-10/h7H,4-6,8H2,1-3H3,(H2,14,16,17,18,19). The highest BCUT2D eigenvalue weighted by Crippen LogP contribution is 2.12. The van der Waals surface area contributed by atoms with Gasteiger partial charge in [-0.05, 0) is 6.42 Å². The Hall–Kier alpha value is -2.38. The fraction of sp³-hybridized carbons (Fsp3) is 0.538. The molecular weight excluding hydrogens is 272 g/mol. The molecule has 0 radical (unpaired) electrons. The molecular formula is C13H20N6O2. The van der Waals surface area contributed by atoms with Crippen molar-refractivity contribution in [2.45, 2.75) is 33.2 Å². The molecule has 0 aliphatic rings. The van der Waals surface area contributed by atoms with Gasteiger partial charge in [-0.25, -0.2) is 4.98 Å². The summed E-state index contributed by atoms with van der Waals surface area (Å²) >= 11 is 0. The van der Waals surface area contributed by atoms with Crippen LogP contribution in [0, 0.1) is 0 Å². The Kier molecular flexibility index (Phi) is 5.30. The maximum Gasteiger partial charge on any atom is 0.323 e. The van der Waals surface area contributed by atoms with Gasteiger partial charge in [0.15, 0.2) is 0 Å². The van der Waals surface area contributed by atoms with Crippen LogP contribution in [0.25, 0.3) is 0 Å². The summed E-state index contributed by atoms with van der Waals surface area (Å²) in [5.74, 6) is 2.30. The van der Waals surface area contributed by atoms with Gasteiger partial charge in [0.1, 0.15) is 5.76 Å². The highest BCUT2D eigenvalue weighted by Gasteiger charge is 2.08. The minimum absolute atomic E-state index is 0.292. The third-order valence-electron chi connectivity index (χ3n) is 2.62. The van der Waals surface area contributed by atoms with E-state index >= 15 is 0 Å². The summed E-state index contributed by atoms with van der Waals surface area (Å²) in [7, 11) is 1.74. The number of nitrogens with one attached hydrogen (secondary N) is 2. The topological polar surface area (TPSA) is 98.0 Å². The molecule has 0 fully saturated rings. The lowest BCUT2D eigenvalue weighted by atomic mass is 10.4. The van der Waals surface area contributed by atoms with Gasteiger partial charge in [0.2, 0.25) is 17.8 Å². The molecule has 2 aromatic rings. The molecule has 0 saturated heterocycles. The molecule has 8 heteroatoms. The fourth-order valence-corrected chi connectivity index (χ4v) is 1.55. The van der Waals surface area contributed by atoms with Gasteiger partial charge in [0.25, 0.3) is 0 Å². The average Bonchev–Trinajstić information content (AvgIpc) is 2.98. The van der Waals surface area contributed by atoms with Gasteiger partial charge in [-0.3, -0.25) is 0 Å². The van der Waals surface area contributed by atoms with Crippen LogP contribution in [0.4, 0.5) is 11.9 Å². The maximum absolute atomic E-state index is 5.51. The second-order valence-electron chi connectivity index (χ2n) is 4.29. The Morgan fingerprint density at radius 1 is 1.19 bits per heavy atom. The monoisotopic (exact) mass is 292 g/mol. The number of oxazole rings is 1. The van der Waals surface area contributed by atoms with Gasteiger partial charge in [-0.15, -0.1) is 0 Å². The number of nitrogens with zero attached hydrogens (tertiary/aromatic N) is 4. The van der Waals surface area contributed by atoms with Crippen LogP contribution in [0.3, 0.4) is 0 Å². The molecule has 2 N–H and O–H groups in total. The van der Waals surface area contributed by atoms with Crippen LogP contribution >= 0.6 is 0 Å². The highest BCUT2D eigenvalue weighted by atomic mass is 16.5. The molecule has 8 nitrogen and oxygen atoms in total. The van der Waals surface area contributed by atoms with Crippen molar-refractivity contribution in [2.75, 3.05) is 24.3 Å². The number of aromatic nitrogens is 4. The zero-order valence-corrected chi connectivity index (χ0v) is 12.5. The Morgan fingerprint density at radius 2 is 2.00 bits per heavy atom. The van der Waals surface area contributed by atoms with E-state index < -0.39 is 0 Å². The lowest BCUT2D eigenvalue weighted by molar-refractivity contribution is 0.292. The second-order valence-corrected chi connectivity index (χ2v) is 4.29. The molecule has 0 saturated carbocycles. The van der Waals surface area contributed by atoms with Crippen LogP contribution in [0.1, 0.15) is 31.9 Å². The number of aryl methyl sites for hydroxylation is 1. The van der Waals surface area contributed by atoms with Crippen LogP contribution in [-0.4, -0.2) is 33.6 Å². The maximum atomic E-state index is 5.51. The van der Waals surface area contributed by atoms with Gasteiger partial charge in [-0.1, -0.05) is 13.8 Å². The van der Waals surface area contributed by atoms with E-state index in [4.69, 9.17) is 9.15 Å². The molecule has 0 spiro atoms. The summed E-state index contributed by atoms with van der Waals surface area (Å²) in [5.41, 5.74) is 0. The van der Waals surface area contributed by atoms with Gasteiger partial charge in [0.05, 0.1) is 19.3 Å². The van der Waals surface area contributed by atoms with Crippen LogP contribution in [0.5, 0.6) is 6.01 Å². The van der Waals surface area contributed by atoms with Crippen molar-refractivity contribution < 1.29 is 9.15 Å². The van der Waals surface area contributed by atoms with E-state index in [-0.39, 0.29) is 0 Å². The van der Waals surface area contributed by atoms with E-state index in [0.717, 1.165) is 18.6 Å². The van der Waals surface area contributed by atoms with Gasteiger partial charge < -0.3 is 19.8 Å². The number of ether oxygens (including phenoxy) is 1. The SMILES string of the molecule is CCCOc1nc(NC)nc(NCc2ncc(CC)o2)n1. The van der Waals surface area contributed by atoms with Crippen molar-refractivity contribution in [3.63, 3.8) is 0 Å². The molecule has 0 aliphatic heterocycles. The van der Waals surface area contributed by atoms with Gasteiger partial charge in [-0.2, -0.15) is 15.0 Å². The van der Waals surface area contributed by atoms with Gasteiger partial charge >= 0.3 is 6.01 Å². The summed E-state index contributed by atoms with van der Waals surface area (Å²) in [6.07, 6.45) is 3.43. The first-order valence-corrected chi connectivity index (χ1v) is 6.99. The molecule has 114 valence electrons. The average molecular weight is 292 g/mol. The van der Waals surface area contributed by atoms with Crippen molar-refractivity contribution in [1.29, 1.82) is 0 Å². The van der Waals surface area contributed by atoms with E-state index in [1.807, 2.05) is 13.8 Å². The van der Waals surface area contributed by atoms with Crippen LogP contribution in [-0.2, 0) is 13.0 Å². The predicted octanol–water partition coefficient (Wildman–Crippen LogP) is 1.86. The summed E-state index contributed by atoms with van der Waals surface area (Å²) in [6, 6.07) is 0.292. The quantitative estimate of drug-likeness (QED) is 0.761. The molecule has 0 atom stereocenters. The van der Waals surface area contributed by atoms with E-state index in [1.54, 1.807) is 13.2 Å². The first-order valence-electron chi connectivity index (χ1n) is 6.99. The normalized spacial score (nSPS) is 10.4. The van der Waals surface area contributed by atoms with Gasteiger partial charge in [0, 0.05) is 13.5 Å². The third kappa shape index (κ3) is 4.30. The molecule has 21 heavy (non-hydrogen) atoms. The first kappa shape index (κ1) is 15.0. The van der Waals surface area contributed by atoms with Crippen molar-refractivity contribution in [3.8, 4) is 6.01 Å². The summed E-state index contributed by atoms with van der Waals surface area (Å²) in [5, 5.41) is 5.93. The summed E-state index contributed by atoms with van der Waals surface area (Å²) < 4.78 is 10.9. The molecule has 2 rings (SSSR count). The van der Waals surface area contributed by atoms with Crippen molar-refractivity contribution in [2.24, 2.45) is 0 Å². The van der Waals surface area contributed by atoms with E-state index in [2.05, 4.69) is 30.6 Å². The molecule has 2 heterocycles. The van der Waals surface area contributed by atoms with E-state index in [9.17, 15) is 0 Å². The Morgan fingerprint density at radius 3 is 2.67 bits per heavy atom. The largest absolute Gasteiger partial charge is 0.463 e. The first-order chi connectivity index (χ1) is 10.2. The van der Waals surface area contributed by atoms with E-state index in [0.29, 0.717) is 36.9 Å². The smallest absolute Gasteiger partial charge is 0.323 e.